The molecular weight excluding hydrogens is 280 g/mol. The Morgan fingerprint density at radius 1 is 0.714 bits per heavy atom. The van der Waals surface area contributed by atoms with Gasteiger partial charge in [0.1, 0.15) is 30.1 Å². The van der Waals surface area contributed by atoms with Crippen molar-refractivity contribution in [2.24, 2.45) is 0 Å². The quantitative estimate of drug-likeness (QED) is 0.541. The normalized spacial score (nSPS) is 12.3. The second-order valence-electron chi connectivity index (χ2n) is 5.62. The molecule has 0 saturated heterocycles. The maximum Gasteiger partial charge on any atom is 0.118 e. The molecule has 0 aliphatic carbocycles. The lowest BCUT2D eigenvalue weighted by molar-refractivity contribution is 0.960. The number of H-pyrrole nitrogens is 2. The van der Waals surface area contributed by atoms with Gasteiger partial charge < -0.3 is 0 Å². The van der Waals surface area contributed by atoms with Gasteiger partial charge in [0.2, 0.25) is 0 Å². The Balaban J connectivity index is 2.02. The number of nitrogens with zero attached hydrogens (tertiary/aromatic N) is 4. The van der Waals surface area contributed by atoms with Crippen molar-refractivity contribution in [3.8, 4) is 0 Å². The molecule has 2 aromatic carbocycles. The van der Waals surface area contributed by atoms with Crippen LogP contribution < -0.4 is 10.4 Å². The molecule has 0 unspecified atom stereocenters. The van der Waals surface area contributed by atoms with Gasteiger partial charge in [-0.3, -0.25) is 0 Å². The van der Waals surface area contributed by atoms with Crippen molar-refractivity contribution in [3.05, 3.63) is 36.4 Å². The van der Waals surface area contributed by atoms with Gasteiger partial charge in [0.15, 0.2) is 0 Å². The number of aromatic nitrogens is 6. The molecule has 0 spiro atoms. The molecule has 21 heavy (non-hydrogen) atoms. The topological polar surface area (TPSA) is 83.1 Å². The zero-order valence-electron chi connectivity index (χ0n) is 11.8. The van der Waals surface area contributed by atoms with E-state index < -0.39 is 8.07 Å². The lowest BCUT2D eigenvalue weighted by Crippen LogP contribution is -2.53. The van der Waals surface area contributed by atoms with E-state index in [0.29, 0.717) is 0 Å². The highest BCUT2D eigenvalue weighted by atomic mass is 28.3. The van der Waals surface area contributed by atoms with E-state index in [-0.39, 0.29) is 0 Å². The van der Waals surface area contributed by atoms with E-state index in [0.717, 1.165) is 22.1 Å². The standard InChI is InChI=1S/C14H14N6Si/c1-21(2,11-7-3-5-9-13(11)17-19-15-9)12-8-4-6-10-14(12)18-20-16-10/h3-8H,1-2H3,(H,15,17,19)(H,16,18,20). The SMILES string of the molecule is C[Si](C)(c1cccc2n[nH]nc12)c1cccc2n[nH]nc12. The summed E-state index contributed by atoms with van der Waals surface area (Å²) in [5.74, 6) is 0. The van der Waals surface area contributed by atoms with Crippen molar-refractivity contribution in [3.63, 3.8) is 0 Å². The number of aromatic amines is 2. The molecule has 2 N–H and O–H groups in total. The minimum absolute atomic E-state index is 0.903. The first-order valence-corrected chi connectivity index (χ1v) is 9.78. The third kappa shape index (κ3) is 1.71. The van der Waals surface area contributed by atoms with E-state index in [4.69, 9.17) is 0 Å². The van der Waals surface area contributed by atoms with Crippen molar-refractivity contribution < 1.29 is 0 Å². The molecule has 0 radical (unpaired) electrons. The first-order chi connectivity index (χ1) is 10.2. The smallest absolute Gasteiger partial charge is 0.118 e. The van der Waals surface area contributed by atoms with E-state index >= 15 is 0 Å². The van der Waals surface area contributed by atoms with Crippen LogP contribution in [-0.4, -0.2) is 38.9 Å². The molecule has 0 fully saturated rings. The summed E-state index contributed by atoms with van der Waals surface area (Å²) >= 11 is 0. The number of benzene rings is 2. The van der Waals surface area contributed by atoms with Crippen LogP contribution in [0.4, 0.5) is 0 Å². The maximum atomic E-state index is 4.33. The maximum absolute atomic E-state index is 4.33. The minimum Gasteiger partial charge on any atom is -0.197 e. The Morgan fingerprint density at radius 2 is 1.19 bits per heavy atom. The summed E-state index contributed by atoms with van der Waals surface area (Å²) in [5.41, 5.74) is 3.71. The predicted molar refractivity (Wildman–Crippen MR) is 84.5 cm³/mol. The van der Waals surface area contributed by atoms with Crippen molar-refractivity contribution in [2.75, 3.05) is 0 Å². The van der Waals surface area contributed by atoms with Gasteiger partial charge in [-0.1, -0.05) is 37.4 Å². The second kappa shape index (κ2) is 4.22. The fourth-order valence-corrected chi connectivity index (χ4v) is 5.76. The monoisotopic (exact) mass is 294 g/mol. The van der Waals surface area contributed by atoms with E-state index in [1.165, 1.54) is 10.4 Å². The molecule has 4 aromatic rings. The molecule has 6 nitrogen and oxygen atoms in total. The number of hydrogen-bond acceptors (Lipinski definition) is 4. The van der Waals surface area contributed by atoms with Crippen LogP contribution in [0.3, 0.4) is 0 Å². The van der Waals surface area contributed by atoms with Gasteiger partial charge in [0.25, 0.3) is 0 Å². The van der Waals surface area contributed by atoms with Gasteiger partial charge >= 0.3 is 0 Å². The summed E-state index contributed by atoms with van der Waals surface area (Å²) in [6.45, 7) is 4.61. The Kier molecular flexibility index (Phi) is 2.46. The molecule has 0 saturated carbocycles. The lowest BCUT2D eigenvalue weighted by atomic mass is 10.3. The van der Waals surface area contributed by atoms with Gasteiger partial charge in [-0.2, -0.15) is 30.8 Å². The van der Waals surface area contributed by atoms with E-state index in [9.17, 15) is 0 Å². The summed E-state index contributed by atoms with van der Waals surface area (Å²) in [4.78, 5) is 0. The Morgan fingerprint density at radius 3 is 1.67 bits per heavy atom. The van der Waals surface area contributed by atoms with Gasteiger partial charge in [0, 0.05) is 0 Å². The van der Waals surface area contributed by atoms with Crippen molar-refractivity contribution in [1.82, 2.24) is 30.8 Å². The zero-order chi connectivity index (χ0) is 14.4. The summed E-state index contributed by atoms with van der Waals surface area (Å²) in [7, 11) is -1.96. The summed E-state index contributed by atoms with van der Waals surface area (Å²) in [5, 5.41) is 25.0. The molecule has 0 aliphatic rings. The molecule has 2 aromatic heterocycles. The molecule has 2 heterocycles. The Bertz CT molecular complexity index is 863. The first-order valence-electron chi connectivity index (χ1n) is 6.78. The molecule has 4 rings (SSSR count). The van der Waals surface area contributed by atoms with Crippen molar-refractivity contribution >= 4 is 40.5 Å². The lowest BCUT2D eigenvalue weighted by Gasteiger charge is -2.23. The highest BCUT2D eigenvalue weighted by Gasteiger charge is 2.31. The van der Waals surface area contributed by atoms with Crippen molar-refractivity contribution in [1.29, 1.82) is 0 Å². The highest BCUT2D eigenvalue weighted by Crippen LogP contribution is 2.15. The summed E-state index contributed by atoms with van der Waals surface area (Å²) in [6.07, 6.45) is 0. The summed E-state index contributed by atoms with van der Waals surface area (Å²) < 4.78 is 0. The predicted octanol–water partition coefficient (Wildman–Crippen LogP) is 1.05. The van der Waals surface area contributed by atoms with Crippen LogP contribution in [0, 0.1) is 0 Å². The highest BCUT2D eigenvalue weighted by molar-refractivity contribution is 7.02. The van der Waals surface area contributed by atoms with Gasteiger partial charge in [-0.25, -0.2) is 0 Å². The Hall–Kier alpha value is -2.54. The Labute approximate surface area is 121 Å². The fraction of sp³-hybridized carbons (Fsp3) is 0.143. The first kappa shape index (κ1) is 12.2. The number of hydrogen-bond donors (Lipinski definition) is 2. The average molecular weight is 294 g/mol. The van der Waals surface area contributed by atoms with Gasteiger partial charge in [-0.15, -0.1) is 0 Å². The fourth-order valence-electron chi connectivity index (χ4n) is 2.89. The van der Waals surface area contributed by atoms with Gasteiger partial charge in [0.05, 0.1) is 0 Å². The van der Waals surface area contributed by atoms with Crippen LogP contribution in [0.15, 0.2) is 36.4 Å². The van der Waals surface area contributed by atoms with Crippen LogP contribution in [-0.2, 0) is 0 Å². The molecule has 0 aliphatic heterocycles. The molecule has 0 bridgehead atoms. The largest absolute Gasteiger partial charge is 0.197 e. The number of para-hydroxylation sites is 2. The minimum atomic E-state index is -1.96. The molecule has 104 valence electrons. The number of rotatable bonds is 2. The van der Waals surface area contributed by atoms with E-state index in [1.807, 2.05) is 24.3 Å². The third-order valence-electron chi connectivity index (χ3n) is 4.04. The zero-order valence-corrected chi connectivity index (χ0v) is 12.8. The summed E-state index contributed by atoms with van der Waals surface area (Å²) in [6, 6.07) is 12.3. The van der Waals surface area contributed by atoms with Crippen LogP contribution in [0.25, 0.3) is 22.1 Å². The van der Waals surface area contributed by atoms with Crippen molar-refractivity contribution in [2.45, 2.75) is 13.1 Å². The second-order valence-corrected chi connectivity index (χ2v) is 9.95. The van der Waals surface area contributed by atoms with E-state index in [1.54, 1.807) is 0 Å². The number of nitrogens with one attached hydrogen (secondary N) is 2. The van der Waals surface area contributed by atoms with Gasteiger partial charge in [-0.05, 0) is 22.5 Å². The van der Waals surface area contributed by atoms with Crippen LogP contribution in [0.2, 0.25) is 13.1 Å². The molecular formula is C14H14N6Si. The van der Waals surface area contributed by atoms with Crippen LogP contribution in [0.5, 0.6) is 0 Å². The van der Waals surface area contributed by atoms with Crippen LogP contribution in [0.1, 0.15) is 0 Å². The van der Waals surface area contributed by atoms with E-state index in [2.05, 4.69) is 56.0 Å². The number of fused-ring (bicyclic) bond motifs is 2. The average Bonchev–Trinajstić information content (AvgIpc) is 3.14. The molecule has 0 amide bonds. The third-order valence-corrected chi connectivity index (χ3v) is 7.54. The molecule has 7 heteroatoms. The van der Waals surface area contributed by atoms with Crippen LogP contribution >= 0.6 is 0 Å². The molecule has 0 atom stereocenters.